The van der Waals surface area contributed by atoms with Gasteiger partial charge in [0, 0.05) is 24.9 Å². The minimum atomic E-state index is -5.08. The van der Waals surface area contributed by atoms with Gasteiger partial charge in [0.2, 0.25) is 5.82 Å². The highest BCUT2D eigenvalue weighted by atomic mass is 19.4. The van der Waals surface area contributed by atoms with Crippen LogP contribution in [0.1, 0.15) is 18.4 Å². The molecule has 8 nitrogen and oxygen atoms in total. The minimum Gasteiger partial charge on any atom is -0.481 e. The summed E-state index contributed by atoms with van der Waals surface area (Å²) in [5.74, 6) is -6.60. The van der Waals surface area contributed by atoms with E-state index in [0.29, 0.717) is 5.82 Å². The van der Waals surface area contributed by atoms with Crippen LogP contribution in [0.4, 0.5) is 28.0 Å². The standard InChI is InChI=1S/C15H15F2N3O3.C2HF3O2/c1-9-2-4-10(5-3-9)11-19-13(23-20-11)18-8-14(12(21)22)6-15(16,17)7-14;3-2(4,5)1(6)7/h2-5H,6-8H2,1H3,(H,21,22)(H,18,19,20);(H,6,7). The van der Waals surface area contributed by atoms with Crippen molar-refractivity contribution < 1.29 is 46.3 Å². The van der Waals surface area contributed by atoms with Crippen LogP contribution in [0.2, 0.25) is 0 Å². The van der Waals surface area contributed by atoms with Gasteiger partial charge in [-0.1, -0.05) is 35.0 Å². The predicted octanol–water partition coefficient (Wildman–Crippen LogP) is 3.59. The molecule has 164 valence electrons. The number of alkyl halides is 5. The van der Waals surface area contributed by atoms with Crippen molar-refractivity contribution in [3.8, 4) is 11.4 Å². The summed E-state index contributed by atoms with van der Waals surface area (Å²) >= 11 is 0. The third-order valence-corrected chi connectivity index (χ3v) is 4.20. The van der Waals surface area contributed by atoms with Gasteiger partial charge in [0.1, 0.15) is 0 Å². The Kier molecular flexibility index (Phi) is 6.33. The number of hydrogen-bond acceptors (Lipinski definition) is 6. The summed E-state index contributed by atoms with van der Waals surface area (Å²) in [6.45, 7) is 1.76. The predicted molar refractivity (Wildman–Crippen MR) is 90.9 cm³/mol. The van der Waals surface area contributed by atoms with Crippen molar-refractivity contribution in [3.05, 3.63) is 29.8 Å². The van der Waals surface area contributed by atoms with Crippen LogP contribution in [0.15, 0.2) is 28.8 Å². The summed E-state index contributed by atoms with van der Waals surface area (Å²) in [4.78, 5) is 24.2. The van der Waals surface area contributed by atoms with Gasteiger partial charge in [0.15, 0.2) is 0 Å². The number of rotatable bonds is 5. The molecular weight excluding hydrogens is 421 g/mol. The number of anilines is 1. The molecule has 0 bridgehead atoms. The maximum Gasteiger partial charge on any atom is 0.490 e. The number of carboxylic acid groups (broad SMARTS) is 2. The number of aryl methyl sites for hydroxylation is 1. The lowest BCUT2D eigenvalue weighted by atomic mass is 9.66. The highest BCUT2D eigenvalue weighted by Gasteiger charge is 2.61. The zero-order chi connectivity index (χ0) is 22.7. The Morgan fingerprint density at radius 1 is 1.17 bits per heavy atom. The second-order valence-electron chi connectivity index (χ2n) is 6.74. The van der Waals surface area contributed by atoms with Gasteiger partial charge in [0.05, 0.1) is 5.41 Å². The number of carboxylic acids is 2. The van der Waals surface area contributed by atoms with E-state index in [1.165, 1.54) is 0 Å². The van der Waals surface area contributed by atoms with E-state index in [2.05, 4.69) is 15.5 Å². The van der Waals surface area contributed by atoms with Crippen LogP contribution in [0.5, 0.6) is 0 Å². The Hall–Kier alpha value is -3.25. The van der Waals surface area contributed by atoms with Gasteiger partial charge in [-0.2, -0.15) is 18.2 Å². The first-order valence-corrected chi connectivity index (χ1v) is 8.30. The van der Waals surface area contributed by atoms with Gasteiger partial charge < -0.3 is 20.1 Å². The summed E-state index contributed by atoms with van der Waals surface area (Å²) in [6, 6.07) is 7.46. The molecular formula is C17H16F5N3O5. The molecule has 1 aliphatic carbocycles. The lowest BCUT2D eigenvalue weighted by Crippen LogP contribution is -2.54. The third-order valence-electron chi connectivity index (χ3n) is 4.20. The fourth-order valence-corrected chi connectivity index (χ4v) is 2.65. The Bertz CT molecular complexity index is 903. The lowest BCUT2D eigenvalue weighted by molar-refractivity contribution is -0.192. The van der Waals surface area contributed by atoms with Crippen LogP contribution in [-0.4, -0.2) is 50.9 Å². The molecule has 0 atom stereocenters. The first-order chi connectivity index (χ1) is 13.7. The SMILES string of the molecule is Cc1ccc(-c2noc(NCC3(C(=O)O)CC(F)(F)C3)n2)cc1.O=C(O)C(F)(F)F. The Morgan fingerprint density at radius 2 is 1.70 bits per heavy atom. The zero-order valence-electron chi connectivity index (χ0n) is 15.3. The molecule has 1 heterocycles. The molecule has 1 aromatic carbocycles. The molecule has 0 radical (unpaired) electrons. The maximum atomic E-state index is 13.0. The third kappa shape index (κ3) is 5.64. The second-order valence-corrected chi connectivity index (χ2v) is 6.74. The number of hydrogen-bond donors (Lipinski definition) is 3. The molecule has 3 rings (SSSR count). The number of aliphatic carboxylic acids is 2. The minimum absolute atomic E-state index is 0.0106. The smallest absolute Gasteiger partial charge is 0.481 e. The largest absolute Gasteiger partial charge is 0.490 e. The van der Waals surface area contributed by atoms with Crippen molar-refractivity contribution in [2.75, 3.05) is 11.9 Å². The van der Waals surface area contributed by atoms with Gasteiger partial charge in [-0.3, -0.25) is 4.79 Å². The Morgan fingerprint density at radius 3 is 2.13 bits per heavy atom. The second kappa shape index (κ2) is 8.24. The van der Waals surface area contributed by atoms with Crippen LogP contribution >= 0.6 is 0 Å². The van der Waals surface area contributed by atoms with Crippen molar-refractivity contribution in [3.63, 3.8) is 0 Å². The number of carbonyl (C=O) groups is 2. The van der Waals surface area contributed by atoms with Gasteiger partial charge in [-0.15, -0.1) is 0 Å². The van der Waals surface area contributed by atoms with Crippen LogP contribution in [0, 0.1) is 12.3 Å². The van der Waals surface area contributed by atoms with Crippen molar-refractivity contribution in [1.29, 1.82) is 0 Å². The molecule has 0 unspecified atom stereocenters. The summed E-state index contributed by atoms with van der Waals surface area (Å²) < 4.78 is 62.8. The average molecular weight is 437 g/mol. The summed E-state index contributed by atoms with van der Waals surface area (Å²) in [5, 5.41) is 22.7. The van der Waals surface area contributed by atoms with Crippen molar-refractivity contribution >= 4 is 18.0 Å². The van der Waals surface area contributed by atoms with E-state index >= 15 is 0 Å². The van der Waals surface area contributed by atoms with E-state index in [-0.39, 0.29) is 12.6 Å². The van der Waals surface area contributed by atoms with Crippen molar-refractivity contribution in [2.24, 2.45) is 5.41 Å². The van der Waals surface area contributed by atoms with Crippen LogP contribution < -0.4 is 5.32 Å². The normalized spacial score (nSPS) is 16.6. The molecule has 0 aliphatic heterocycles. The highest BCUT2D eigenvalue weighted by molar-refractivity contribution is 5.77. The molecule has 0 spiro atoms. The van der Waals surface area contributed by atoms with Gasteiger partial charge in [0.25, 0.3) is 5.92 Å². The van der Waals surface area contributed by atoms with Crippen LogP contribution in [0.25, 0.3) is 11.4 Å². The molecule has 2 aromatic rings. The number of halogens is 5. The first-order valence-electron chi connectivity index (χ1n) is 8.30. The summed E-state index contributed by atoms with van der Waals surface area (Å²) in [5.41, 5.74) is 0.336. The first kappa shape index (κ1) is 23.0. The number of nitrogens with zero attached hydrogens (tertiary/aromatic N) is 2. The fraction of sp³-hybridized carbons (Fsp3) is 0.412. The highest BCUT2D eigenvalue weighted by Crippen LogP contribution is 2.52. The quantitative estimate of drug-likeness (QED) is 0.606. The number of nitrogens with one attached hydrogen (secondary N) is 1. The monoisotopic (exact) mass is 437 g/mol. The maximum absolute atomic E-state index is 13.0. The topological polar surface area (TPSA) is 126 Å². The Balaban J connectivity index is 0.000000396. The van der Waals surface area contributed by atoms with E-state index in [1.54, 1.807) is 0 Å². The molecule has 13 heteroatoms. The summed E-state index contributed by atoms with van der Waals surface area (Å²) in [7, 11) is 0. The number of benzene rings is 1. The average Bonchev–Trinajstić information content (AvgIpc) is 3.07. The van der Waals surface area contributed by atoms with E-state index in [1.807, 2.05) is 31.2 Å². The van der Waals surface area contributed by atoms with Crippen molar-refractivity contribution in [1.82, 2.24) is 10.1 Å². The molecule has 0 amide bonds. The summed E-state index contributed by atoms with van der Waals surface area (Å²) in [6.07, 6.45) is -6.47. The molecule has 1 aromatic heterocycles. The van der Waals surface area contributed by atoms with E-state index in [9.17, 15) is 26.7 Å². The van der Waals surface area contributed by atoms with Gasteiger partial charge in [-0.25, -0.2) is 13.6 Å². The number of aromatic nitrogens is 2. The zero-order valence-corrected chi connectivity index (χ0v) is 15.3. The van der Waals surface area contributed by atoms with Gasteiger partial charge in [-0.05, 0) is 6.92 Å². The van der Waals surface area contributed by atoms with E-state index in [0.717, 1.165) is 11.1 Å². The lowest BCUT2D eigenvalue weighted by Gasteiger charge is -2.43. The van der Waals surface area contributed by atoms with Crippen molar-refractivity contribution in [2.45, 2.75) is 31.9 Å². The van der Waals surface area contributed by atoms with E-state index in [4.69, 9.17) is 19.5 Å². The van der Waals surface area contributed by atoms with Crippen LogP contribution in [-0.2, 0) is 9.59 Å². The van der Waals surface area contributed by atoms with Crippen LogP contribution in [0.3, 0.4) is 0 Å². The molecule has 0 saturated heterocycles. The molecule has 1 saturated carbocycles. The molecule has 3 N–H and O–H groups in total. The molecule has 30 heavy (non-hydrogen) atoms. The molecule has 1 aliphatic rings. The van der Waals surface area contributed by atoms with E-state index < -0.39 is 42.3 Å². The fourth-order valence-electron chi connectivity index (χ4n) is 2.65. The molecule has 1 fully saturated rings. The van der Waals surface area contributed by atoms with Gasteiger partial charge >= 0.3 is 24.1 Å². The Labute approximate surface area is 165 Å².